The normalized spacial score (nSPS) is 10.9. The maximum atomic E-state index is 5.95. The Morgan fingerprint density at radius 3 is 2.78 bits per heavy atom. The maximum Gasteiger partial charge on any atom is 0.195 e. The first kappa shape index (κ1) is 13.1. The van der Waals surface area contributed by atoms with Gasteiger partial charge in [-0.15, -0.1) is 0 Å². The summed E-state index contributed by atoms with van der Waals surface area (Å²) in [5.41, 5.74) is 0.864. The molecule has 0 radical (unpaired) electrons. The van der Waals surface area contributed by atoms with Crippen LogP contribution in [0.3, 0.4) is 0 Å². The van der Waals surface area contributed by atoms with Gasteiger partial charge < -0.3 is 4.74 Å². The zero-order valence-corrected chi connectivity index (χ0v) is 12.0. The first-order chi connectivity index (χ1) is 8.54. The second-order valence-electron chi connectivity index (χ2n) is 4.16. The monoisotopic (exact) mass is 283 g/mol. The zero-order chi connectivity index (χ0) is 13.3. The number of aromatic amines is 1. The van der Waals surface area contributed by atoms with Gasteiger partial charge in [0.25, 0.3) is 0 Å². The molecule has 0 aliphatic carbocycles. The lowest BCUT2D eigenvalue weighted by molar-refractivity contribution is 0.415. The van der Waals surface area contributed by atoms with Gasteiger partial charge in [0, 0.05) is 11.1 Å². The predicted octanol–water partition coefficient (Wildman–Crippen LogP) is 3.85. The van der Waals surface area contributed by atoms with E-state index in [1.165, 1.54) is 0 Å². The van der Waals surface area contributed by atoms with E-state index in [-0.39, 0.29) is 6.04 Å². The lowest BCUT2D eigenvalue weighted by Gasteiger charge is -2.13. The van der Waals surface area contributed by atoms with Crippen molar-refractivity contribution in [2.45, 2.75) is 19.9 Å². The average molecular weight is 284 g/mol. The third-order valence-corrected chi connectivity index (χ3v) is 3.15. The van der Waals surface area contributed by atoms with E-state index in [4.69, 9.17) is 28.6 Å². The quantitative estimate of drug-likeness (QED) is 0.870. The number of rotatable bonds is 3. The number of H-pyrrole nitrogens is 1. The topological polar surface area (TPSA) is 42.8 Å². The number of nitrogens with zero attached hydrogens (tertiary/aromatic N) is 2. The van der Waals surface area contributed by atoms with E-state index in [0.717, 1.165) is 11.4 Å². The molecule has 18 heavy (non-hydrogen) atoms. The van der Waals surface area contributed by atoms with Crippen molar-refractivity contribution in [3.8, 4) is 17.1 Å². The van der Waals surface area contributed by atoms with E-state index < -0.39 is 0 Å². The van der Waals surface area contributed by atoms with Gasteiger partial charge in [0.05, 0.1) is 12.7 Å². The van der Waals surface area contributed by atoms with Crippen LogP contribution in [0.25, 0.3) is 11.4 Å². The Bertz CT molecular complexity index is 618. The van der Waals surface area contributed by atoms with Crippen molar-refractivity contribution in [2.24, 2.45) is 0 Å². The van der Waals surface area contributed by atoms with E-state index in [2.05, 4.69) is 24.0 Å². The molecule has 6 heteroatoms. The Balaban J connectivity index is 2.66. The van der Waals surface area contributed by atoms with Gasteiger partial charge in [-0.05, 0) is 44.3 Å². The molecule has 0 aliphatic heterocycles. The number of methoxy groups -OCH3 is 1. The first-order valence-electron chi connectivity index (χ1n) is 5.55. The molecule has 96 valence electrons. The Morgan fingerprint density at radius 2 is 2.17 bits per heavy atom. The standard InChI is InChI=1S/C12H14ClN3OS/c1-7(2)16-11(14-15-12(16)18)9-5-4-8(13)6-10(9)17-3/h4-7H,1-3H3,(H,15,18). The average Bonchev–Trinajstić information content (AvgIpc) is 2.70. The molecular weight excluding hydrogens is 270 g/mol. The van der Waals surface area contributed by atoms with E-state index in [1.54, 1.807) is 13.2 Å². The summed E-state index contributed by atoms with van der Waals surface area (Å²) in [6.45, 7) is 4.11. The number of aromatic nitrogens is 3. The van der Waals surface area contributed by atoms with Crippen LogP contribution >= 0.6 is 23.8 Å². The van der Waals surface area contributed by atoms with Crippen LogP contribution in [0.1, 0.15) is 19.9 Å². The predicted molar refractivity (Wildman–Crippen MR) is 74.8 cm³/mol. The van der Waals surface area contributed by atoms with Crippen LogP contribution in [0.4, 0.5) is 0 Å². The number of hydrogen-bond donors (Lipinski definition) is 1. The molecule has 0 aliphatic rings. The second kappa shape index (κ2) is 5.12. The Kier molecular flexibility index (Phi) is 3.73. The molecule has 2 rings (SSSR count). The minimum atomic E-state index is 0.214. The third kappa shape index (κ3) is 2.28. The fourth-order valence-corrected chi connectivity index (χ4v) is 2.33. The van der Waals surface area contributed by atoms with Gasteiger partial charge >= 0.3 is 0 Å². The highest BCUT2D eigenvalue weighted by Gasteiger charge is 2.15. The molecule has 4 nitrogen and oxygen atoms in total. The van der Waals surface area contributed by atoms with Crippen molar-refractivity contribution >= 4 is 23.8 Å². The summed E-state index contributed by atoms with van der Waals surface area (Å²) < 4.78 is 7.88. The Hall–Kier alpha value is -1.33. The highest BCUT2D eigenvalue weighted by molar-refractivity contribution is 7.71. The highest BCUT2D eigenvalue weighted by Crippen LogP contribution is 2.32. The smallest absolute Gasteiger partial charge is 0.195 e. The number of hydrogen-bond acceptors (Lipinski definition) is 3. The SMILES string of the molecule is COc1cc(Cl)ccc1-c1n[nH]c(=S)n1C(C)C. The second-order valence-corrected chi connectivity index (χ2v) is 4.98. The van der Waals surface area contributed by atoms with E-state index in [9.17, 15) is 0 Å². The van der Waals surface area contributed by atoms with Crippen LogP contribution in [-0.4, -0.2) is 21.9 Å². The molecule has 0 fully saturated rings. The number of benzene rings is 1. The summed E-state index contributed by atoms with van der Waals surface area (Å²) in [6.07, 6.45) is 0. The summed E-state index contributed by atoms with van der Waals surface area (Å²) >= 11 is 11.2. The maximum absolute atomic E-state index is 5.95. The van der Waals surface area contributed by atoms with Crippen molar-refractivity contribution in [1.29, 1.82) is 0 Å². The van der Waals surface area contributed by atoms with Crippen LogP contribution in [0.15, 0.2) is 18.2 Å². The van der Waals surface area contributed by atoms with Crippen molar-refractivity contribution in [3.05, 3.63) is 28.0 Å². The van der Waals surface area contributed by atoms with Gasteiger partial charge in [-0.2, -0.15) is 5.10 Å². The van der Waals surface area contributed by atoms with Gasteiger partial charge in [0.15, 0.2) is 10.6 Å². The molecular formula is C12H14ClN3OS. The van der Waals surface area contributed by atoms with Crippen LogP contribution in [0.2, 0.25) is 5.02 Å². The highest BCUT2D eigenvalue weighted by atomic mass is 35.5. The molecule has 0 amide bonds. The van der Waals surface area contributed by atoms with Gasteiger partial charge in [-0.3, -0.25) is 9.67 Å². The minimum absolute atomic E-state index is 0.214. The van der Waals surface area contributed by atoms with Crippen molar-refractivity contribution in [1.82, 2.24) is 14.8 Å². The molecule has 0 atom stereocenters. The Morgan fingerprint density at radius 1 is 1.44 bits per heavy atom. The zero-order valence-electron chi connectivity index (χ0n) is 10.4. The van der Waals surface area contributed by atoms with E-state index >= 15 is 0 Å². The van der Waals surface area contributed by atoms with Gasteiger partial charge in [0.1, 0.15) is 5.75 Å². The van der Waals surface area contributed by atoms with E-state index in [1.807, 2.05) is 16.7 Å². The third-order valence-electron chi connectivity index (χ3n) is 2.63. The molecule has 1 aromatic carbocycles. The summed E-state index contributed by atoms with van der Waals surface area (Å²) in [6, 6.07) is 5.66. The number of nitrogens with one attached hydrogen (secondary N) is 1. The molecule has 0 saturated carbocycles. The van der Waals surface area contributed by atoms with Crippen molar-refractivity contribution in [3.63, 3.8) is 0 Å². The van der Waals surface area contributed by atoms with Crippen LogP contribution in [-0.2, 0) is 0 Å². The van der Waals surface area contributed by atoms with Crippen molar-refractivity contribution < 1.29 is 4.74 Å². The molecule has 0 bridgehead atoms. The molecule has 1 aromatic heterocycles. The number of halogens is 1. The Labute approximate surface area is 116 Å². The summed E-state index contributed by atoms with van der Waals surface area (Å²) in [4.78, 5) is 0. The van der Waals surface area contributed by atoms with Crippen LogP contribution in [0, 0.1) is 4.77 Å². The fraction of sp³-hybridized carbons (Fsp3) is 0.333. The van der Waals surface area contributed by atoms with Crippen LogP contribution in [0.5, 0.6) is 5.75 Å². The lowest BCUT2D eigenvalue weighted by Crippen LogP contribution is -2.04. The molecule has 0 saturated heterocycles. The minimum Gasteiger partial charge on any atom is -0.496 e. The number of ether oxygens (including phenoxy) is 1. The summed E-state index contributed by atoms with van der Waals surface area (Å²) in [7, 11) is 1.61. The van der Waals surface area contributed by atoms with E-state index in [0.29, 0.717) is 15.5 Å². The first-order valence-corrected chi connectivity index (χ1v) is 6.34. The largest absolute Gasteiger partial charge is 0.496 e. The van der Waals surface area contributed by atoms with Gasteiger partial charge in [-0.25, -0.2) is 0 Å². The molecule has 0 spiro atoms. The van der Waals surface area contributed by atoms with Crippen molar-refractivity contribution in [2.75, 3.05) is 7.11 Å². The lowest BCUT2D eigenvalue weighted by atomic mass is 10.2. The van der Waals surface area contributed by atoms with Gasteiger partial charge in [-0.1, -0.05) is 11.6 Å². The summed E-state index contributed by atoms with van der Waals surface area (Å²) in [5, 5.41) is 7.70. The molecule has 1 N–H and O–H groups in total. The fourth-order valence-electron chi connectivity index (χ4n) is 1.82. The molecule has 2 aromatic rings. The molecule has 0 unspecified atom stereocenters. The van der Waals surface area contributed by atoms with Gasteiger partial charge in [0.2, 0.25) is 0 Å². The molecule has 1 heterocycles. The van der Waals surface area contributed by atoms with Crippen LogP contribution < -0.4 is 4.74 Å². The summed E-state index contributed by atoms with van der Waals surface area (Å²) in [5.74, 6) is 1.43.